The van der Waals surface area contributed by atoms with E-state index >= 15 is 0 Å². The molecular formula is C9H7BrO2. The SMILES string of the molecule is C#CC1(Br)C=CC(C(=O)O)=CC1. The molecule has 0 bridgehead atoms. The number of aliphatic carboxylic acids is 1. The molecule has 1 atom stereocenters. The number of rotatable bonds is 1. The molecule has 0 aromatic carbocycles. The standard InChI is InChI=1S/C9H7BrO2/c1-2-9(10)5-3-7(4-6-9)8(11)12/h1,3-5H,6H2,(H,11,12). The molecule has 0 heterocycles. The molecule has 1 aliphatic carbocycles. The van der Waals surface area contributed by atoms with Crippen molar-refractivity contribution in [3.8, 4) is 12.3 Å². The fraction of sp³-hybridized carbons (Fsp3) is 0.222. The van der Waals surface area contributed by atoms with Gasteiger partial charge in [0.25, 0.3) is 0 Å². The Labute approximate surface area is 79.1 Å². The van der Waals surface area contributed by atoms with E-state index in [1.807, 2.05) is 0 Å². The number of hydrogen-bond acceptors (Lipinski definition) is 1. The number of allylic oxidation sites excluding steroid dienone is 2. The number of carboxylic acids is 1. The van der Waals surface area contributed by atoms with Crippen molar-refractivity contribution >= 4 is 21.9 Å². The molecule has 1 rings (SSSR count). The van der Waals surface area contributed by atoms with Crippen molar-refractivity contribution in [3.05, 3.63) is 23.8 Å². The zero-order valence-corrected chi connectivity index (χ0v) is 7.84. The van der Waals surface area contributed by atoms with Crippen molar-refractivity contribution in [2.45, 2.75) is 10.7 Å². The Balaban J connectivity index is 2.82. The molecule has 0 amide bonds. The maximum atomic E-state index is 10.5. The molecule has 0 radical (unpaired) electrons. The highest BCUT2D eigenvalue weighted by molar-refractivity contribution is 9.10. The van der Waals surface area contributed by atoms with Crippen LogP contribution in [-0.2, 0) is 4.79 Å². The molecule has 12 heavy (non-hydrogen) atoms. The largest absolute Gasteiger partial charge is 0.478 e. The summed E-state index contributed by atoms with van der Waals surface area (Å²) in [5.74, 6) is 1.61. The molecule has 0 saturated carbocycles. The first-order valence-corrected chi connectivity index (χ1v) is 4.16. The van der Waals surface area contributed by atoms with Crippen LogP contribution >= 0.6 is 15.9 Å². The van der Waals surface area contributed by atoms with Gasteiger partial charge in [-0.05, 0) is 12.5 Å². The van der Waals surface area contributed by atoms with Gasteiger partial charge in [0.05, 0.1) is 5.57 Å². The van der Waals surface area contributed by atoms with Crippen LogP contribution < -0.4 is 0 Å². The number of alkyl halides is 1. The smallest absolute Gasteiger partial charge is 0.335 e. The Bertz CT molecular complexity index is 309. The Kier molecular flexibility index (Phi) is 2.39. The second kappa shape index (κ2) is 3.16. The van der Waals surface area contributed by atoms with E-state index in [-0.39, 0.29) is 0 Å². The summed E-state index contributed by atoms with van der Waals surface area (Å²) in [6.45, 7) is 0. The molecule has 0 aromatic rings. The third kappa shape index (κ3) is 1.77. The molecule has 0 spiro atoms. The van der Waals surface area contributed by atoms with Crippen LogP contribution in [0.25, 0.3) is 0 Å². The highest BCUT2D eigenvalue weighted by atomic mass is 79.9. The molecule has 1 unspecified atom stereocenters. The average molecular weight is 227 g/mol. The third-order valence-electron chi connectivity index (χ3n) is 1.63. The quantitative estimate of drug-likeness (QED) is 0.547. The Morgan fingerprint density at radius 2 is 2.50 bits per heavy atom. The molecule has 62 valence electrons. The minimum Gasteiger partial charge on any atom is -0.478 e. The lowest BCUT2D eigenvalue weighted by atomic mass is 9.97. The average Bonchev–Trinajstić information content (AvgIpc) is 2.05. The highest BCUT2D eigenvalue weighted by Crippen LogP contribution is 2.28. The van der Waals surface area contributed by atoms with Gasteiger partial charge >= 0.3 is 5.97 Å². The summed E-state index contributed by atoms with van der Waals surface area (Å²) in [4.78, 5) is 10.5. The number of hydrogen-bond donors (Lipinski definition) is 1. The Morgan fingerprint density at radius 3 is 2.83 bits per heavy atom. The van der Waals surface area contributed by atoms with Crippen molar-refractivity contribution in [3.63, 3.8) is 0 Å². The van der Waals surface area contributed by atoms with Crippen LogP contribution in [0.15, 0.2) is 23.8 Å². The summed E-state index contributed by atoms with van der Waals surface area (Å²) in [7, 11) is 0. The highest BCUT2D eigenvalue weighted by Gasteiger charge is 2.23. The predicted molar refractivity (Wildman–Crippen MR) is 50.0 cm³/mol. The molecule has 0 fully saturated rings. The minimum absolute atomic E-state index is 0.292. The summed E-state index contributed by atoms with van der Waals surface area (Å²) < 4.78 is -0.494. The van der Waals surface area contributed by atoms with Gasteiger partial charge in [0.1, 0.15) is 4.32 Å². The van der Waals surface area contributed by atoms with Gasteiger partial charge in [0, 0.05) is 0 Å². The molecule has 3 heteroatoms. The third-order valence-corrected chi connectivity index (χ3v) is 2.45. The lowest BCUT2D eigenvalue weighted by molar-refractivity contribution is -0.132. The molecule has 0 aliphatic heterocycles. The van der Waals surface area contributed by atoms with Gasteiger partial charge in [0.2, 0.25) is 0 Å². The van der Waals surface area contributed by atoms with E-state index in [9.17, 15) is 4.79 Å². The Morgan fingerprint density at radius 1 is 1.83 bits per heavy atom. The van der Waals surface area contributed by atoms with Crippen LogP contribution in [0.5, 0.6) is 0 Å². The van der Waals surface area contributed by atoms with E-state index < -0.39 is 10.3 Å². The Hall–Kier alpha value is -1.01. The number of halogens is 1. The van der Waals surface area contributed by atoms with E-state index in [0.717, 1.165) is 0 Å². The van der Waals surface area contributed by atoms with Crippen LogP contribution in [-0.4, -0.2) is 15.4 Å². The molecular weight excluding hydrogens is 220 g/mol. The number of carbonyl (C=O) groups is 1. The minimum atomic E-state index is -0.919. The summed E-state index contributed by atoms with van der Waals surface area (Å²) in [6.07, 6.45) is 10.5. The maximum absolute atomic E-state index is 10.5. The monoisotopic (exact) mass is 226 g/mol. The first kappa shape index (κ1) is 9.08. The first-order valence-electron chi connectivity index (χ1n) is 3.37. The van der Waals surface area contributed by atoms with Gasteiger partial charge in [0.15, 0.2) is 0 Å². The van der Waals surface area contributed by atoms with Crippen molar-refractivity contribution in [1.29, 1.82) is 0 Å². The lowest BCUT2D eigenvalue weighted by Gasteiger charge is -2.18. The van der Waals surface area contributed by atoms with Gasteiger partial charge in [-0.25, -0.2) is 4.79 Å². The molecule has 1 N–H and O–H groups in total. The normalized spacial score (nSPS) is 27.5. The number of carboxylic acid groups (broad SMARTS) is 1. The van der Waals surface area contributed by atoms with Crippen LogP contribution in [0.2, 0.25) is 0 Å². The van der Waals surface area contributed by atoms with Crippen molar-refractivity contribution < 1.29 is 9.90 Å². The summed E-state index contributed by atoms with van der Waals surface area (Å²) in [5.41, 5.74) is 0.292. The molecule has 1 aliphatic rings. The lowest BCUT2D eigenvalue weighted by Crippen LogP contribution is -2.17. The fourth-order valence-corrected chi connectivity index (χ4v) is 1.18. The van der Waals surface area contributed by atoms with Gasteiger partial charge in [-0.2, -0.15) is 0 Å². The van der Waals surface area contributed by atoms with Crippen molar-refractivity contribution in [2.24, 2.45) is 0 Å². The predicted octanol–water partition coefficient (Wildman–Crippen LogP) is 1.72. The van der Waals surface area contributed by atoms with E-state index in [1.54, 1.807) is 12.2 Å². The topological polar surface area (TPSA) is 37.3 Å². The van der Waals surface area contributed by atoms with Crippen molar-refractivity contribution in [2.75, 3.05) is 0 Å². The van der Waals surface area contributed by atoms with Crippen LogP contribution in [0, 0.1) is 12.3 Å². The zero-order chi connectivity index (χ0) is 9.19. The van der Waals surface area contributed by atoms with Crippen LogP contribution in [0.4, 0.5) is 0 Å². The molecule has 0 aromatic heterocycles. The fourth-order valence-electron chi connectivity index (χ4n) is 0.882. The van der Waals surface area contributed by atoms with E-state index in [1.165, 1.54) is 6.08 Å². The first-order chi connectivity index (χ1) is 5.57. The summed E-state index contributed by atoms with van der Waals surface area (Å²) in [6, 6.07) is 0. The molecule has 2 nitrogen and oxygen atoms in total. The van der Waals surface area contributed by atoms with Crippen LogP contribution in [0.1, 0.15) is 6.42 Å². The summed E-state index contributed by atoms with van der Waals surface area (Å²) in [5, 5.41) is 8.59. The maximum Gasteiger partial charge on any atom is 0.335 e. The van der Waals surface area contributed by atoms with E-state index in [2.05, 4.69) is 21.9 Å². The number of terminal acetylenes is 1. The second-order valence-electron chi connectivity index (χ2n) is 2.51. The van der Waals surface area contributed by atoms with E-state index in [4.69, 9.17) is 11.5 Å². The van der Waals surface area contributed by atoms with Crippen LogP contribution in [0.3, 0.4) is 0 Å². The van der Waals surface area contributed by atoms with Gasteiger partial charge in [-0.15, -0.1) is 6.42 Å². The van der Waals surface area contributed by atoms with Gasteiger partial charge in [-0.1, -0.05) is 34.0 Å². The van der Waals surface area contributed by atoms with Gasteiger partial charge < -0.3 is 5.11 Å². The zero-order valence-electron chi connectivity index (χ0n) is 6.25. The van der Waals surface area contributed by atoms with E-state index in [0.29, 0.717) is 12.0 Å². The van der Waals surface area contributed by atoms with Crippen molar-refractivity contribution in [1.82, 2.24) is 0 Å². The van der Waals surface area contributed by atoms with Gasteiger partial charge in [-0.3, -0.25) is 0 Å². The second-order valence-corrected chi connectivity index (χ2v) is 3.92. The summed E-state index contributed by atoms with van der Waals surface area (Å²) >= 11 is 3.31. The molecule has 0 saturated heterocycles.